The van der Waals surface area contributed by atoms with Crippen molar-refractivity contribution in [1.82, 2.24) is 0 Å². The van der Waals surface area contributed by atoms with Gasteiger partial charge in [-0.25, -0.2) is 0 Å². The first kappa shape index (κ1) is 22.0. The molecule has 1 aromatic heterocycles. The van der Waals surface area contributed by atoms with E-state index in [1.54, 1.807) is 55.6 Å². The maximum atomic E-state index is 13.0. The molecule has 7 heteroatoms. The van der Waals surface area contributed by atoms with Crippen molar-refractivity contribution in [1.29, 1.82) is 0 Å². The second kappa shape index (κ2) is 9.08. The lowest BCUT2D eigenvalue weighted by atomic mass is 9.86. The van der Waals surface area contributed by atoms with Gasteiger partial charge in [-0.05, 0) is 17.7 Å². The molecule has 1 heterocycles. The highest BCUT2D eigenvalue weighted by atomic mass is 16.5. The Labute approximate surface area is 189 Å². The Morgan fingerprint density at radius 3 is 2.30 bits per heavy atom. The number of phenols is 2. The molecule has 3 aromatic carbocycles. The third-order valence-electron chi connectivity index (χ3n) is 5.52. The first-order valence-electron chi connectivity index (χ1n) is 10.2. The van der Waals surface area contributed by atoms with Gasteiger partial charge >= 0.3 is 5.97 Å². The minimum atomic E-state index is -0.722. The first-order valence-corrected chi connectivity index (χ1v) is 10.2. The average Bonchev–Trinajstić information content (AvgIpc) is 2.83. The fourth-order valence-electron chi connectivity index (χ4n) is 3.88. The van der Waals surface area contributed by atoms with E-state index in [-0.39, 0.29) is 34.5 Å². The molecule has 0 spiro atoms. The number of benzene rings is 3. The van der Waals surface area contributed by atoms with Crippen LogP contribution in [-0.2, 0) is 9.53 Å². The summed E-state index contributed by atoms with van der Waals surface area (Å²) in [7, 11) is 2.82. The quantitative estimate of drug-likeness (QED) is 0.418. The van der Waals surface area contributed by atoms with E-state index < -0.39 is 23.1 Å². The van der Waals surface area contributed by atoms with Crippen molar-refractivity contribution in [3.63, 3.8) is 0 Å². The zero-order chi connectivity index (χ0) is 23.5. The van der Waals surface area contributed by atoms with Gasteiger partial charge < -0.3 is 24.1 Å². The number of ether oxygens (including phenoxy) is 2. The fourth-order valence-corrected chi connectivity index (χ4v) is 3.88. The molecule has 4 aromatic rings. The zero-order valence-electron chi connectivity index (χ0n) is 18.1. The molecule has 168 valence electrons. The lowest BCUT2D eigenvalue weighted by molar-refractivity contribution is -0.140. The normalized spacial score (nSPS) is 11.8. The molecule has 2 N–H and O–H groups in total. The summed E-state index contributed by atoms with van der Waals surface area (Å²) in [4.78, 5) is 25.3. The van der Waals surface area contributed by atoms with E-state index in [9.17, 15) is 19.8 Å². The number of aromatic hydroxyl groups is 2. The largest absolute Gasteiger partial charge is 0.507 e. The topological polar surface area (TPSA) is 106 Å². The summed E-state index contributed by atoms with van der Waals surface area (Å²) in [5, 5.41) is 21.2. The van der Waals surface area contributed by atoms with E-state index in [1.807, 2.05) is 6.07 Å². The van der Waals surface area contributed by atoms with Gasteiger partial charge in [0.1, 0.15) is 34.0 Å². The first-order chi connectivity index (χ1) is 15.9. The van der Waals surface area contributed by atoms with E-state index in [2.05, 4.69) is 0 Å². The predicted molar refractivity (Wildman–Crippen MR) is 123 cm³/mol. The van der Waals surface area contributed by atoms with Crippen molar-refractivity contribution in [2.75, 3.05) is 14.2 Å². The lowest BCUT2D eigenvalue weighted by Crippen LogP contribution is -2.12. The van der Waals surface area contributed by atoms with Crippen LogP contribution in [0.4, 0.5) is 0 Å². The molecule has 0 radical (unpaired) electrons. The predicted octanol–water partition coefficient (Wildman–Crippen LogP) is 4.57. The smallest absolute Gasteiger partial charge is 0.306 e. The van der Waals surface area contributed by atoms with Gasteiger partial charge in [-0.1, -0.05) is 42.5 Å². The van der Waals surface area contributed by atoms with Crippen LogP contribution in [0.2, 0.25) is 0 Å². The Balaban J connectivity index is 2.01. The number of fused-ring (bicyclic) bond motifs is 1. The van der Waals surface area contributed by atoms with Gasteiger partial charge in [-0.3, -0.25) is 9.59 Å². The Kier molecular flexibility index (Phi) is 6.04. The summed E-state index contributed by atoms with van der Waals surface area (Å²) in [6.45, 7) is 0. The zero-order valence-corrected chi connectivity index (χ0v) is 18.1. The van der Waals surface area contributed by atoms with Crippen LogP contribution in [0.3, 0.4) is 0 Å². The molecule has 0 aliphatic heterocycles. The molecule has 0 fully saturated rings. The minimum absolute atomic E-state index is 0.00331. The Hall–Kier alpha value is -4.26. The second-order valence-corrected chi connectivity index (χ2v) is 7.48. The number of carbonyl (C=O) groups is 1. The van der Waals surface area contributed by atoms with Crippen LogP contribution in [0.5, 0.6) is 17.2 Å². The highest BCUT2D eigenvalue weighted by molar-refractivity contribution is 5.90. The summed E-state index contributed by atoms with van der Waals surface area (Å²) in [6, 6.07) is 18.3. The van der Waals surface area contributed by atoms with Gasteiger partial charge in [0.15, 0.2) is 5.43 Å². The number of methoxy groups -OCH3 is 2. The third kappa shape index (κ3) is 4.25. The van der Waals surface area contributed by atoms with Crippen molar-refractivity contribution in [2.24, 2.45) is 0 Å². The van der Waals surface area contributed by atoms with Gasteiger partial charge in [-0.2, -0.15) is 0 Å². The van der Waals surface area contributed by atoms with Crippen molar-refractivity contribution < 1.29 is 28.9 Å². The molecule has 0 bridgehead atoms. The molecule has 1 atom stereocenters. The molecule has 0 saturated carbocycles. The van der Waals surface area contributed by atoms with E-state index in [4.69, 9.17) is 13.9 Å². The van der Waals surface area contributed by atoms with Gasteiger partial charge in [0.25, 0.3) is 0 Å². The Morgan fingerprint density at radius 2 is 1.67 bits per heavy atom. The minimum Gasteiger partial charge on any atom is -0.507 e. The van der Waals surface area contributed by atoms with Crippen LogP contribution in [-0.4, -0.2) is 30.4 Å². The lowest BCUT2D eigenvalue weighted by Gasteiger charge is -2.20. The monoisotopic (exact) mass is 446 g/mol. The van der Waals surface area contributed by atoms with Crippen molar-refractivity contribution in [2.45, 2.75) is 12.3 Å². The fraction of sp³-hybridized carbons (Fsp3) is 0.154. The van der Waals surface area contributed by atoms with Crippen molar-refractivity contribution in [3.05, 3.63) is 88.1 Å². The highest BCUT2D eigenvalue weighted by Gasteiger charge is 2.28. The SMILES string of the molecule is COC(=O)C[C@@H](c1ccc(OC)cc1)c1c(O)cc(O)c2c(=O)cc(-c3ccccc3)oc12. The number of carbonyl (C=O) groups excluding carboxylic acids is 1. The maximum Gasteiger partial charge on any atom is 0.306 e. The van der Waals surface area contributed by atoms with Crippen LogP contribution in [0.1, 0.15) is 23.5 Å². The molecular weight excluding hydrogens is 424 g/mol. The van der Waals surface area contributed by atoms with Crippen LogP contribution in [0.15, 0.2) is 75.9 Å². The number of rotatable bonds is 6. The number of esters is 1. The van der Waals surface area contributed by atoms with Gasteiger partial charge in [-0.15, -0.1) is 0 Å². The standard InChI is InChI=1S/C26H22O7/c1-31-17-10-8-15(9-11-17)18(12-23(30)32-2)24-19(27)13-20(28)25-21(29)14-22(33-26(24)25)16-6-4-3-5-7-16/h3-11,13-14,18,27-28H,12H2,1-2H3/t18-/m0/s1. The second-order valence-electron chi connectivity index (χ2n) is 7.48. The summed E-state index contributed by atoms with van der Waals surface area (Å²) in [5.74, 6) is -1.07. The van der Waals surface area contributed by atoms with E-state index in [1.165, 1.54) is 13.2 Å². The number of phenolic OH excluding ortho intramolecular Hbond substituents is 2. The van der Waals surface area contributed by atoms with Crippen LogP contribution < -0.4 is 10.2 Å². The van der Waals surface area contributed by atoms with Crippen LogP contribution >= 0.6 is 0 Å². The summed E-state index contributed by atoms with van der Waals surface area (Å²) >= 11 is 0. The molecule has 0 aliphatic carbocycles. The summed E-state index contributed by atoms with van der Waals surface area (Å²) in [5.41, 5.74) is 1.05. The molecule has 7 nitrogen and oxygen atoms in total. The van der Waals surface area contributed by atoms with E-state index in [0.717, 1.165) is 6.07 Å². The summed E-state index contributed by atoms with van der Waals surface area (Å²) in [6.07, 6.45) is -0.129. The van der Waals surface area contributed by atoms with Gasteiger partial charge in [0.2, 0.25) is 0 Å². The van der Waals surface area contributed by atoms with Gasteiger partial charge in [0, 0.05) is 29.2 Å². The molecule has 0 aliphatic rings. The van der Waals surface area contributed by atoms with Crippen LogP contribution in [0, 0.1) is 0 Å². The Bertz CT molecular complexity index is 1360. The molecule has 0 saturated heterocycles. The van der Waals surface area contributed by atoms with Crippen LogP contribution in [0.25, 0.3) is 22.3 Å². The summed E-state index contributed by atoms with van der Waals surface area (Å²) < 4.78 is 16.2. The van der Waals surface area contributed by atoms with E-state index >= 15 is 0 Å². The number of hydrogen-bond donors (Lipinski definition) is 2. The highest BCUT2D eigenvalue weighted by Crippen LogP contribution is 2.43. The number of hydrogen-bond acceptors (Lipinski definition) is 7. The third-order valence-corrected chi connectivity index (χ3v) is 5.52. The average molecular weight is 446 g/mol. The van der Waals surface area contributed by atoms with Crippen molar-refractivity contribution in [3.8, 4) is 28.6 Å². The molecule has 4 rings (SSSR count). The maximum absolute atomic E-state index is 13.0. The molecule has 0 amide bonds. The molecule has 0 unspecified atom stereocenters. The molecular formula is C26H22O7. The van der Waals surface area contributed by atoms with Crippen molar-refractivity contribution >= 4 is 16.9 Å². The molecule has 33 heavy (non-hydrogen) atoms. The van der Waals surface area contributed by atoms with Gasteiger partial charge in [0.05, 0.1) is 20.6 Å². The van der Waals surface area contributed by atoms with E-state index in [0.29, 0.717) is 16.9 Å². The Morgan fingerprint density at radius 1 is 0.970 bits per heavy atom.